The second-order valence-corrected chi connectivity index (χ2v) is 10.7. The van der Waals surface area contributed by atoms with E-state index in [0.717, 1.165) is 28.0 Å². The van der Waals surface area contributed by atoms with Crippen LogP contribution in [0.3, 0.4) is 0 Å². The van der Waals surface area contributed by atoms with Gasteiger partial charge in [-0.1, -0.05) is 78.4 Å². The average molecular weight is 552 g/mol. The molecule has 0 bridgehead atoms. The molecule has 0 saturated heterocycles. The number of aliphatic imine (C=N–C) groups is 1. The van der Waals surface area contributed by atoms with Gasteiger partial charge in [-0.25, -0.2) is 4.99 Å². The molecule has 0 fully saturated rings. The van der Waals surface area contributed by atoms with Gasteiger partial charge in [0.25, 0.3) is 11.6 Å². The standard InChI is InChI=1S/C25H22N2O2S.C7H7NO2/c28-25-22-23(29-24(26-22)18-9-3-1-4-10-18)21-14-8-7-11-19(21)17-27(25)15-16-30-20-12-5-2-6-13-20;1-6-2-4-7(5-3-6)8(9)10/h1-14,22-23H,15-17H2;2-5H,1H3. The first kappa shape index (κ1) is 27.1. The third-order valence-corrected chi connectivity index (χ3v) is 7.70. The van der Waals surface area contributed by atoms with Crippen LogP contribution in [0.1, 0.15) is 28.4 Å². The number of amides is 1. The summed E-state index contributed by atoms with van der Waals surface area (Å²) in [4.78, 5) is 31.0. The normalized spacial score (nSPS) is 17.4. The van der Waals surface area contributed by atoms with Crippen LogP contribution in [0.5, 0.6) is 0 Å². The summed E-state index contributed by atoms with van der Waals surface area (Å²) in [7, 11) is 0. The fourth-order valence-corrected chi connectivity index (χ4v) is 5.52. The quantitative estimate of drug-likeness (QED) is 0.153. The van der Waals surface area contributed by atoms with E-state index in [1.807, 2.05) is 72.5 Å². The molecule has 2 aliphatic heterocycles. The molecule has 2 unspecified atom stereocenters. The zero-order valence-corrected chi connectivity index (χ0v) is 22.9. The largest absolute Gasteiger partial charge is 0.466 e. The smallest absolute Gasteiger partial charge is 0.269 e. The monoisotopic (exact) mass is 551 g/mol. The number of carbonyl (C=O) groups is 1. The Kier molecular flexibility index (Phi) is 8.56. The highest BCUT2D eigenvalue weighted by Gasteiger charge is 2.43. The van der Waals surface area contributed by atoms with Gasteiger partial charge >= 0.3 is 0 Å². The lowest BCUT2D eigenvalue weighted by atomic mass is 9.99. The van der Waals surface area contributed by atoms with Crippen LogP contribution in [0.2, 0.25) is 0 Å². The predicted molar refractivity (Wildman–Crippen MR) is 157 cm³/mol. The van der Waals surface area contributed by atoms with Crippen LogP contribution in [-0.4, -0.2) is 40.0 Å². The van der Waals surface area contributed by atoms with E-state index >= 15 is 0 Å². The number of thioether (sulfide) groups is 1. The first-order valence-corrected chi connectivity index (χ1v) is 14.0. The van der Waals surface area contributed by atoms with Crippen molar-refractivity contribution in [2.45, 2.75) is 30.5 Å². The number of non-ortho nitro benzene ring substituents is 1. The molecule has 0 spiro atoms. The van der Waals surface area contributed by atoms with E-state index in [2.05, 4.69) is 24.3 Å². The number of nitro groups is 1. The van der Waals surface area contributed by atoms with Gasteiger partial charge in [0.15, 0.2) is 12.1 Å². The number of aryl methyl sites for hydroxylation is 1. The molecule has 202 valence electrons. The molecular weight excluding hydrogens is 522 g/mol. The van der Waals surface area contributed by atoms with E-state index in [4.69, 9.17) is 9.73 Å². The SMILES string of the molecule is Cc1ccc([N+](=O)[O-])cc1.O=C1C2N=C(c3ccccc3)OC2c2ccccc2CN1CCSc1ccccc1. The summed E-state index contributed by atoms with van der Waals surface area (Å²) in [5, 5.41) is 10.1. The lowest BCUT2D eigenvalue weighted by molar-refractivity contribution is -0.384. The van der Waals surface area contributed by atoms with E-state index in [1.165, 1.54) is 17.0 Å². The van der Waals surface area contributed by atoms with Crippen molar-refractivity contribution in [3.05, 3.63) is 142 Å². The van der Waals surface area contributed by atoms with Gasteiger partial charge in [-0.3, -0.25) is 14.9 Å². The Morgan fingerprint density at radius 1 is 0.925 bits per heavy atom. The molecule has 8 heteroatoms. The molecule has 4 aromatic carbocycles. The van der Waals surface area contributed by atoms with Crippen molar-refractivity contribution in [2.24, 2.45) is 4.99 Å². The van der Waals surface area contributed by atoms with Crippen LogP contribution in [0, 0.1) is 17.0 Å². The van der Waals surface area contributed by atoms with E-state index < -0.39 is 11.0 Å². The summed E-state index contributed by atoms with van der Waals surface area (Å²) in [5.74, 6) is 1.43. The first-order chi connectivity index (χ1) is 19.5. The third kappa shape index (κ3) is 6.40. The number of ether oxygens (including phenoxy) is 1. The van der Waals surface area contributed by atoms with Crippen LogP contribution < -0.4 is 0 Å². The van der Waals surface area contributed by atoms with Crippen LogP contribution in [0.4, 0.5) is 5.69 Å². The van der Waals surface area contributed by atoms with Gasteiger partial charge in [-0.15, -0.1) is 11.8 Å². The maximum absolute atomic E-state index is 13.4. The zero-order valence-electron chi connectivity index (χ0n) is 22.1. The van der Waals surface area contributed by atoms with Crippen molar-refractivity contribution >= 4 is 29.3 Å². The van der Waals surface area contributed by atoms with Crippen LogP contribution in [-0.2, 0) is 16.1 Å². The van der Waals surface area contributed by atoms with Gasteiger partial charge in [0.05, 0.1) is 4.92 Å². The topological polar surface area (TPSA) is 85.0 Å². The Labute approximate surface area is 237 Å². The molecule has 0 saturated carbocycles. The molecule has 2 heterocycles. The highest BCUT2D eigenvalue weighted by molar-refractivity contribution is 7.99. The molecule has 0 aliphatic carbocycles. The van der Waals surface area contributed by atoms with Crippen molar-refractivity contribution in [1.29, 1.82) is 0 Å². The van der Waals surface area contributed by atoms with Crippen LogP contribution >= 0.6 is 11.8 Å². The molecule has 40 heavy (non-hydrogen) atoms. The number of carbonyl (C=O) groups excluding carboxylic acids is 1. The van der Waals surface area contributed by atoms with E-state index in [9.17, 15) is 14.9 Å². The van der Waals surface area contributed by atoms with Crippen molar-refractivity contribution in [3.63, 3.8) is 0 Å². The van der Waals surface area contributed by atoms with Crippen LogP contribution in [0.15, 0.2) is 119 Å². The Bertz CT molecular complexity index is 1490. The molecule has 0 radical (unpaired) electrons. The van der Waals surface area contributed by atoms with Gasteiger partial charge < -0.3 is 9.64 Å². The minimum absolute atomic E-state index is 0.0378. The first-order valence-electron chi connectivity index (χ1n) is 13.0. The fraction of sp³-hybridized carbons (Fsp3) is 0.188. The summed E-state index contributed by atoms with van der Waals surface area (Å²) >= 11 is 1.77. The van der Waals surface area contributed by atoms with Gasteiger partial charge in [0.1, 0.15) is 0 Å². The van der Waals surface area contributed by atoms with Gasteiger partial charge in [0.2, 0.25) is 5.90 Å². The highest BCUT2D eigenvalue weighted by Crippen LogP contribution is 2.37. The highest BCUT2D eigenvalue weighted by atomic mass is 32.2. The molecule has 1 amide bonds. The Balaban J connectivity index is 0.000000274. The molecule has 6 rings (SSSR count). The Hall–Kier alpha value is -4.43. The number of hydrogen-bond donors (Lipinski definition) is 0. The number of nitro benzene ring substituents is 1. The zero-order chi connectivity index (χ0) is 27.9. The number of benzene rings is 4. The minimum atomic E-state index is -0.536. The maximum atomic E-state index is 13.4. The van der Waals surface area contributed by atoms with E-state index in [-0.39, 0.29) is 17.7 Å². The van der Waals surface area contributed by atoms with Crippen LogP contribution in [0.25, 0.3) is 0 Å². The lowest BCUT2D eigenvalue weighted by Gasteiger charge is -2.22. The average Bonchev–Trinajstić information content (AvgIpc) is 3.40. The number of fused-ring (bicyclic) bond motifs is 3. The summed E-state index contributed by atoms with van der Waals surface area (Å²) in [6.07, 6.45) is -0.365. The lowest BCUT2D eigenvalue weighted by Crippen LogP contribution is -2.38. The fourth-order valence-electron chi connectivity index (χ4n) is 4.62. The van der Waals surface area contributed by atoms with Crippen molar-refractivity contribution in [3.8, 4) is 0 Å². The van der Waals surface area contributed by atoms with Crippen molar-refractivity contribution in [2.75, 3.05) is 12.3 Å². The summed E-state index contributed by atoms with van der Waals surface area (Å²) < 4.78 is 6.25. The van der Waals surface area contributed by atoms with Gasteiger partial charge in [-0.05, 0) is 36.8 Å². The van der Waals surface area contributed by atoms with Crippen molar-refractivity contribution in [1.82, 2.24) is 4.90 Å². The number of hydrogen-bond acceptors (Lipinski definition) is 6. The predicted octanol–water partition coefficient (Wildman–Crippen LogP) is 6.61. The maximum Gasteiger partial charge on any atom is 0.269 e. The second kappa shape index (κ2) is 12.6. The molecule has 2 atom stereocenters. The summed E-state index contributed by atoms with van der Waals surface area (Å²) in [5.41, 5.74) is 4.27. The molecule has 7 nitrogen and oxygen atoms in total. The number of rotatable bonds is 6. The Morgan fingerprint density at radius 3 is 2.27 bits per heavy atom. The molecule has 0 N–H and O–H groups in total. The van der Waals surface area contributed by atoms with E-state index in [1.54, 1.807) is 23.9 Å². The van der Waals surface area contributed by atoms with E-state index in [0.29, 0.717) is 19.0 Å². The third-order valence-electron chi connectivity index (χ3n) is 6.71. The summed E-state index contributed by atoms with van der Waals surface area (Å²) in [6, 6.07) is 34.2. The minimum Gasteiger partial charge on any atom is -0.466 e. The number of nitrogens with zero attached hydrogens (tertiary/aromatic N) is 3. The Morgan fingerprint density at radius 2 is 1.57 bits per heavy atom. The van der Waals surface area contributed by atoms with Gasteiger partial charge in [0, 0.05) is 47.0 Å². The molecular formula is C32H29N3O4S. The van der Waals surface area contributed by atoms with Gasteiger partial charge in [-0.2, -0.15) is 0 Å². The molecule has 4 aromatic rings. The molecule has 2 aliphatic rings. The molecule has 0 aromatic heterocycles. The van der Waals surface area contributed by atoms with Crippen molar-refractivity contribution < 1.29 is 14.5 Å². The second-order valence-electron chi connectivity index (χ2n) is 9.50. The summed E-state index contributed by atoms with van der Waals surface area (Å²) in [6.45, 7) is 3.16.